The monoisotopic (exact) mass is 314 g/mol. The van der Waals surface area contributed by atoms with Gasteiger partial charge in [0, 0.05) is 5.54 Å². The van der Waals surface area contributed by atoms with E-state index >= 15 is 0 Å². The summed E-state index contributed by atoms with van der Waals surface area (Å²) in [5.74, 6) is 0.118. The molecule has 23 heavy (non-hydrogen) atoms. The minimum absolute atomic E-state index is 0.0202. The number of benzene rings is 1. The number of carbonyl (C=O) groups excluding carboxylic acids is 1. The van der Waals surface area contributed by atoms with Crippen molar-refractivity contribution in [3.63, 3.8) is 0 Å². The second kappa shape index (κ2) is 5.67. The van der Waals surface area contributed by atoms with Gasteiger partial charge in [0.05, 0.1) is 29.6 Å². The Morgan fingerprint density at radius 3 is 2.52 bits per heavy atom. The fourth-order valence-electron chi connectivity index (χ4n) is 2.46. The normalized spacial score (nSPS) is 12.2. The number of carbonyl (C=O) groups is 1. The molecule has 0 unspecified atom stereocenters. The van der Waals surface area contributed by atoms with E-state index in [0.717, 1.165) is 5.52 Å². The van der Waals surface area contributed by atoms with Gasteiger partial charge in [-0.25, -0.2) is 9.83 Å². The summed E-state index contributed by atoms with van der Waals surface area (Å²) in [5.41, 5.74) is 0.625. The predicted octanol–water partition coefficient (Wildman–Crippen LogP) is 3.44. The Hall–Kier alpha value is -2.39. The maximum Gasteiger partial charge on any atom is 0.229 e. The van der Waals surface area contributed by atoms with Gasteiger partial charge in [0.1, 0.15) is 0 Å². The highest BCUT2D eigenvalue weighted by Crippen LogP contribution is 2.30. The molecule has 0 saturated carbocycles. The number of rotatable bonds is 3. The van der Waals surface area contributed by atoms with E-state index in [2.05, 4.69) is 15.1 Å². The minimum Gasteiger partial charge on any atom is -0.390 e. The fraction of sp³-hybridized carbons (Fsp3) is 0.471. The number of hydrogen-bond donors (Lipinski definition) is 2. The first-order valence-electron chi connectivity index (χ1n) is 7.44. The maximum atomic E-state index is 12.1. The van der Waals surface area contributed by atoms with Crippen LogP contribution in [-0.2, 0) is 10.3 Å². The van der Waals surface area contributed by atoms with Gasteiger partial charge in [-0.2, -0.15) is 0 Å². The van der Waals surface area contributed by atoms with Gasteiger partial charge in [-0.3, -0.25) is 10.1 Å². The van der Waals surface area contributed by atoms with Gasteiger partial charge >= 0.3 is 0 Å². The molecule has 0 radical (unpaired) electrons. The van der Waals surface area contributed by atoms with Crippen LogP contribution in [0.3, 0.4) is 0 Å². The molecule has 1 aromatic carbocycles. The van der Waals surface area contributed by atoms with Crippen molar-refractivity contribution in [1.82, 2.24) is 9.55 Å². The Morgan fingerprint density at radius 1 is 1.35 bits per heavy atom. The van der Waals surface area contributed by atoms with Gasteiger partial charge in [0.25, 0.3) is 0 Å². The molecule has 6 nitrogen and oxygen atoms in total. The number of aromatic nitrogens is 2. The molecule has 0 aliphatic carbocycles. The standard InChI is InChI=1S/C17H22N4O2/c1-16(2,3)21-13-9-11(18-6)7-8-12(13)19-15(21)20-14(22)10-17(4,5)23/h7-9,23H,10H2,1-5H3,(H,19,20,22). The third-order valence-electron chi connectivity index (χ3n) is 3.28. The molecule has 0 spiro atoms. The van der Waals surface area contributed by atoms with E-state index in [9.17, 15) is 9.90 Å². The van der Waals surface area contributed by atoms with E-state index in [0.29, 0.717) is 17.2 Å². The third-order valence-corrected chi connectivity index (χ3v) is 3.28. The lowest BCUT2D eigenvalue weighted by molar-refractivity contribution is -0.119. The highest BCUT2D eigenvalue weighted by atomic mass is 16.3. The van der Waals surface area contributed by atoms with Crippen LogP contribution in [0.2, 0.25) is 0 Å². The SMILES string of the molecule is [C-]#[N+]c1ccc2nc(NC(=O)CC(C)(C)O)n(C(C)(C)C)c2c1. The lowest BCUT2D eigenvalue weighted by Gasteiger charge is -2.25. The molecular formula is C17H22N4O2. The Kier molecular flexibility index (Phi) is 4.18. The molecular weight excluding hydrogens is 292 g/mol. The van der Waals surface area contributed by atoms with E-state index in [1.54, 1.807) is 32.0 Å². The summed E-state index contributed by atoms with van der Waals surface area (Å²) in [6.07, 6.45) is -0.0202. The summed E-state index contributed by atoms with van der Waals surface area (Å²) in [6, 6.07) is 5.25. The molecule has 2 rings (SSSR count). The van der Waals surface area contributed by atoms with Crippen LogP contribution >= 0.6 is 0 Å². The number of aliphatic hydroxyl groups is 1. The summed E-state index contributed by atoms with van der Waals surface area (Å²) in [6.45, 7) is 16.3. The van der Waals surface area contributed by atoms with Gasteiger partial charge in [-0.15, -0.1) is 0 Å². The van der Waals surface area contributed by atoms with Crippen molar-refractivity contribution < 1.29 is 9.90 Å². The van der Waals surface area contributed by atoms with Crippen LogP contribution in [0.15, 0.2) is 18.2 Å². The highest BCUT2D eigenvalue weighted by Gasteiger charge is 2.24. The molecule has 2 aromatic rings. The summed E-state index contributed by atoms with van der Waals surface area (Å²) in [5, 5.41) is 12.6. The van der Waals surface area contributed by atoms with Crippen LogP contribution in [0, 0.1) is 6.57 Å². The Labute approximate surface area is 136 Å². The maximum absolute atomic E-state index is 12.1. The largest absolute Gasteiger partial charge is 0.390 e. The molecule has 0 aliphatic rings. The topological polar surface area (TPSA) is 71.5 Å². The Morgan fingerprint density at radius 2 is 2.00 bits per heavy atom. The quantitative estimate of drug-likeness (QED) is 0.852. The first-order chi connectivity index (χ1) is 10.5. The van der Waals surface area contributed by atoms with Crippen molar-refractivity contribution in [3.8, 4) is 0 Å². The zero-order valence-electron chi connectivity index (χ0n) is 14.1. The van der Waals surface area contributed by atoms with E-state index in [-0.39, 0.29) is 17.9 Å². The summed E-state index contributed by atoms with van der Waals surface area (Å²) >= 11 is 0. The van der Waals surface area contributed by atoms with Crippen LogP contribution in [0.25, 0.3) is 15.9 Å². The van der Waals surface area contributed by atoms with Crippen molar-refractivity contribution in [2.24, 2.45) is 0 Å². The van der Waals surface area contributed by atoms with Crippen molar-refractivity contribution in [1.29, 1.82) is 0 Å². The van der Waals surface area contributed by atoms with E-state index < -0.39 is 5.60 Å². The van der Waals surface area contributed by atoms with Crippen LogP contribution in [0.5, 0.6) is 0 Å². The van der Waals surface area contributed by atoms with Gasteiger partial charge in [0.15, 0.2) is 5.69 Å². The van der Waals surface area contributed by atoms with Crippen molar-refractivity contribution in [3.05, 3.63) is 29.6 Å². The molecule has 2 N–H and O–H groups in total. The number of nitrogens with one attached hydrogen (secondary N) is 1. The van der Waals surface area contributed by atoms with Gasteiger partial charge in [-0.05, 0) is 46.8 Å². The second-order valence-corrected chi connectivity index (χ2v) is 7.26. The molecule has 6 heteroatoms. The zero-order chi connectivity index (χ0) is 17.4. The molecule has 0 bridgehead atoms. The first-order valence-corrected chi connectivity index (χ1v) is 7.44. The molecule has 1 heterocycles. The number of nitrogens with zero attached hydrogens (tertiary/aromatic N) is 3. The van der Waals surface area contributed by atoms with Crippen molar-refractivity contribution in [2.45, 2.75) is 52.2 Å². The van der Waals surface area contributed by atoms with Crippen LogP contribution in [-0.4, -0.2) is 26.2 Å². The molecule has 1 amide bonds. The van der Waals surface area contributed by atoms with Gasteiger partial charge in [0.2, 0.25) is 11.9 Å². The lowest BCUT2D eigenvalue weighted by atomic mass is 10.1. The average molecular weight is 314 g/mol. The van der Waals surface area contributed by atoms with Crippen LogP contribution in [0.1, 0.15) is 41.0 Å². The molecule has 1 aromatic heterocycles. The van der Waals surface area contributed by atoms with E-state index in [1.165, 1.54) is 0 Å². The van der Waals surface area contributed by atoms with Crippen molar-refractivity contribution >= 4 is 28.6 Å². The van der Waals surface area contributed by atoms with Crippen LogP contribution in [0.4, 0.5) is 11.6 Å². The summed E-state index contributed by atoms with van der Waals surface area (Å²) in [4.78, 5) is 20.1. The Balaban J connectivity index is 2.51. The Bertz CT molecular complexity index is 786. The molecule has 122 valence electrons. The van der Waals surface area contributed by atoms with E-state index in [1.807, 2.05) is 25.3 Å². The summed E-state index contributed by atoms with van der Waals surface area (Å²) < 4.78 is 1.90. The lowest BCUT2D eigenvalue weighted by Crippen LogP contribution is -2.30. The molecule has 0 saturated heterocycles. The van der Waals surface area contributed by atoms with Gasteiger partial charge < -0.3 is 9.67 Å². The molecule has 0 aliphatic heterocycles. The van der Waals surface area contributed by atoms with Crippen molar-refractivity contribution in [2.75, 3.05) is 5.32 Å². The number of amides is 1. The number of anilines is 1. The fourth-order valence-corrected chi connectivity index (χ4v) is 2.46. The van der Waals surface area contributed by atoms with Crippen LogP contribution < -0.4 is 5.32 Å². The third kappa shape index (κ3) is 3.88. The average Bonchev–Trinajstić information content (AvgIpc) is 2.72. The first kappa shape index (κ1) is 17.0. The van der Waals surface area contributed by atoms with E-state index in [4.69, 9.17) is 6.57 Å². The highest BCUT2D eigenvalue weighted by molar-refractivity contribution is 5.92. The molecule has 0 atom stereocenters. The zero-order valence-corrected chi connectivity index (χ0v) is 14.1. The van der Waals surface area contributed by atoms with Gasteiger partial charge in [-0.1, -0.05) is 6.07 Å². The molecule has 0 fully saturated rings. The summed E-state index contributed by atoms with van der Waals surface area (Å²) in [7, 11) is 0. The predicted molar refractivity (Wildman–Crippen MR) is 90.5 cm³/mol. The number of hydrogen-bond acceptors (Lipinski definition) is 3. The number of imidazole rings is 1. The minimum atomic E-state index is -1.08. The second-order valence-electron chi connectivity index (χ2n) is 7.26. The number of fused-ring (bicyclic) bond motifs is 1. The smallest absolute Gasteiger partial charge is 0.229 e.